The molecule has 1 aromatic heterocycles. The van der Waals surface area contributed by atoms with Gasteiger partial charge in [0.25, 0.3) is 0 Å². The quantitative estimate of drug-likeness (QED) is 0.759. The van der Waals surface area contributed by atoms with Crippen LogP contribution in [0.25, 0.3) is 10.2 Å². The number of fused-ring (bicyclic) bond motifs is 1. The summed E-state index contributed by atoms with van der Waals surface area (Å²) in [4.78, 5) is 16.6. The second-order valence-electron chi connectivity index (χ2n) is 5.16. The van der Waals surface area contributed by atoms with E-state index >= 15 is 0 Å². The molecule has 23 heavy (non-hydrogen) atoms. The third-order valence-electron chi connectivity index (χ3n) is 3.42. The molecule has 0 atom stereocenters. The summed E-state index contributed by atoms with van der Waals surface area (Å²) in [5.74, 6) is 0.672. The van der Waals surface area contributed by atoms with Crippen LogP contribution in [0.2, 0.25) is 5.02 Å². The lowest BCUT2D eigenvalue weighted by Crippen LogP contribution is -2.14. The van der Waals surface area contributed by atoms with Crippen molar-refractivity contribution in [3.8, 4) is 5.75 Å². The fraction of sp³-hybridized carbons (Fsp3) is 0.176. The molecule has 0 aliphatic rings. The number of thiazole rings is 1. The first-order valence-electron chi connectivity index (χ1n) is 7.04. The lowest BCUT2D eigenvalue weighted by Gasteiger charge is -2.03. The van der Waals surface area contributed by atoms with Gasteiger partial charge in [-0.25, -0.2) is 4.98 Å². The number of halogens is 1. The van der Waals surface area contributed by atoms with Gasteiger partial charge in [-0.2, -0.15) is 0 Å². The number of benzene rings is 2. The van der Waals surface area contributed by atoms with Gasteiger partial charge in [-0.15, -0.1) is 0 Å². The lowest BCUT2D eigenvalue weighted by atomic mass is 10.1. The molecule has 0 fully saturated rings. The Bertz CT molecular complexity index is 859. The zero-order valence-electron chi connectivity index (χ0n) is 12.7. The molecule has 6 heteroatoms. The number of anilines is 1. The van der Waals surface area contributed by atoms with Crippen molar-refractivity contribution in [2.75, 3.05) is 12.4 Å². The Morgan fingerprint density at radius 3 is 2.74 bits per heavy atom. The number of amides is 1. The summed E-state index contributed by atoms with van der Waals surface area (Å²) in [6, 6.07) is 11.2. The van der Waals surface area contributed by atoms with Crippen LogP contribution in [0.5, 0.6) is 5.75 Å². The van der Waals surface area contributed by atoms with Crippen LogP contribution in [0.1, 0.15) is 11.1 Å². The van der Waals surface area contributed by atoms with Gasteiger partial charge in [0.05, 0.1) is 23.7 Å². The molecule has 0 saturated heterocycles. The summed E-state index contributed by atoms with van der Waals surface area (Å²) in [6.45, 7) is 1.96. The fourth-order valence-electron chi connectivity index (χ4n) is 2.30. The van der Waals surface area contributed by atoms with Crippen molar-refractivity contribution < 1.29 is 9.53 Å². The highest BCUT2D eigenvalue weighted by atomic mass is 35.5. The summed E-state index contributed by atoms with van der Waals surface area (Å²) in [6.07, 6.45) is 0.291. The van der Waals surface area contributed by atoms with E-state index < -0.39 is 0 Å². The maximum atomic E-state index is 12.2. The van der Waals surface area contributed by atoms with Gasteiger partial charge in [-0.05, 0) is 42.3 Å². The predicted molar refractivity (Wildman–Crippen MR) is 94.7 cm³/mol. The summed E-state index contributed by atoms with van der Waals surface area (Å²) in [7, 11) is 1.61. The third-order valence-corrected chi connectivity index (χ3v) is 4.56. The third kappa shape index (κ3) is 3.63. The lowest BCUT2D eigenvalue weighted by molar-refractivity contribution is -0.115. The number of carbonyl (C=O) groups is 1. The maximum Gasteiger partial charge on any atom is 0.230 e. The van der Waals surface area contributed by atoms with Gasteiger partial charge >= 0.3 is 0 Å². The van der Waals surface area contributed by atoms with E-state index in [4.69, 9.17) is 16.3 Å². The van der Waals surface area contributed by atoms with E-state index in [0.717, 1.165) is 27.1 Å². The van der Waals surface area contributed by atoms with Crippen molar-refractivity contribution >= 4 is 44.2 Å². The molecule has 3 aromatic rings. The molecule has 1 heterocycles. The first-order chi connectivity index (χ1) is 11.0. The molecule has 0 saturated carbocycles. The minimum Gasteiger partial charge on any atom is -0.497 e. The highest BCUT2D eigenvalue weighted by Crippen LogP contribution is 2.31. The number of nitrogens with one attached hydrogen (secondary N) is 1. The summed E-state index contributed by atoms with van der Waals surface area (Å²) >= 11 is 7.48. The van der Waals surface area contributed by atoms with Crippen molar-refractivity contribution in [1.29, 1.82) is 0 Å². The van der Waals surface area contributed by atoms with Crippen LogP contribution in [-0.4, -0.2) is 18.0 Å². The van der Waals surface area contributed by atoms with Crippen LogP contribution in [0, 0.1) is 6.92 Å². The number of carbonyl (C=O) groups excluding carboxylic acids is 1. The number of hydrogen-bond acceptors (Lipinski definition) is 4. The Morgan fingerprint density at radius 1 is 1.30 bits per heavy atom. The van der Waals surface area contributed by atoms with Crippen LogP contribution in [0.4, 0.5) is 5.13 Å². The smallest absolute Gasteiger partial charge is 0.230 e. The topological polar surface area (TPSA) is 51.2 Å². The number of aryl methyl sites for hydroxylation is 1. The molecule has 118 valence electrons. The Balaban J connectivity index is 1.73. The average Bonchev–Trinajstić information content (AvgIpc) is 2.90. The Hall–Kier alpha value is -2.11. The number of methoxy groups -OCH3 is 1. The Kier molecular flexibility index (Phi) is 4.50. The zero-order valence-corrected chi connectivity index (χ0v) is 14.3. The molecule has 0 aliphatic carbocycles. The molecule has 0 aliphatic heterocycles. The van der Waals surface area contributed by atoms with E-state index in [-0.39, 0.29) is 5.91 Å². The molecule has 1 N–H and O–H groups in total. The summed E-state index contributed by atoms with van der Waals surface area (Å²) < 4.78 is 6.07. The number of ether oxygens (including phenoxy) is 1. The van der Waals surface area contributed by atoms with Crippen molar-refractivity contribution in [3.05, 3.63) is 52.5 Å². The number of rotatable bonds is 4. The zero-order chi connectivity index (χ0) is 16.4. The first-order valence-corrected chi connectivity index (χ1v) is 8.24. The van der Waals surface area contributed by atoms with Gasteiger partial charge < -0.3 is 10.1 Å². The van der Waals surface area contributed by atoms with Gasteiger partial charge in [0.15, 0.2) is 5.13 Å². The second-order valence-corrected chi connectivity index (χ2v) is 6.63. The van der Waals surface area contributed by atoms with Gasteiger partial charge in [0.1, 0.15) is 5.75 Å². The van der Waals surface area contributed by atoms with Gasteiger partial charge in [0, 0.05) is 5.02 Å². The van der Waals surface area contributed by atoms with Gasteiger partial charge in [0.2, 0.25) is 5.91 Å². The van der Waals surface area contributed by atoms with E-state index in [2.05, 4.69) is 10.3 Å². The van der Waals surface area contributed by atoms with Crippen molar-refractivity contribution in [2.45, 2.75) is 13.3 Å². The van der Waals surface area contributed by atoms with E-state index in [1.165, 1.54) is 11.3 Å². The standard InChI is InChI=1S/C17H15ClN2O2S/c1-10-7-12(18)9-14-16(10)20-17(23-14)19-15(21)8-11-3-5-13(22-2)6-4-11/h3-7,9H,8H2,1-2H3,(H,19,20,21). The van der Waals surface area contributed by atoms with Gasteiger partial charge in [-0.1, -0.05) is 35.1 Å². The molecule has 2 aromatic carbocycles. The molecule has 0 unspecified atom stereocenters. The normalized spacial score (nSPS) is 10.7. The molecular weight excluding hydrogens is 332 g/mol. The van der Waals surface area contributed by atoms with Crippen LogP contribution in [-0.2, 0) is 11.2 Å². The van der Waals surface area contributed by atoms with E-state index in [9.17, 15) is 4.79 Å². The fourth-order valence-corrected chi connectivity index (χ4v) is 3.64. The summed E-state index contributed by atoms with van der Waals surface area (Å²) in [5.41, 5.74) is 2.79. The van der Waals surface area contributed by atoms with Crippen molar-refractivity contribution in [1.82, 2.24) is 4.98 Å². The molecule has 0 radical (unpaired) electrons. The highest BCUT2D eigenvalue weighted by molar-refractivity contribution is 7.22. The van der Waals surface area contributed by atoms with Crippen LogP contribution < -0.4 is 10.1 Å². The molecular formula is C17H15ClN2O2S. The van der Waals surface area contributed by atoms with E-state index in [0.29, 0.717) is 16.6 Å². The van der Waals surface area contributed by atoms with Crippen molar-refractivity contribution in [3.63, 3.8) is 0 Å². The van der Waals surface area contributed by atoms with Crippen LogP contribution in [0.15, 0.2) is 36.4 Å². The molecule has 1 amide bonds. The molecule has 3 rings (SSSR count). The molecule has 0 bridgehead atoms. The maximum absolute atomic E-state index is 12.2. The number of hydrogen-bond donors (Lipinski definition) is 1. The Labute approximate surface area is 143 Å². The monoisotopic (exact) mass is 346 g/mol. The van der Waals surface area contributed by atoms with E-state index in [1.54, 1.807) is 7.11 Å². The first kappa shape index (κ1) is 15.8. The number of nitrogens with zero attached hydrogens (tertiary/aromatic N) is 1. The Morgan fingerprint density at radius 2 is 2.04 bits per heavy atom. The van der Waals surface area contributed by atoms with Crippen LogP contribution in [0.3, 0.4) is 0 Å². The second kappa shape index (κ2) is 6.56. The van der Waals surface area contributed by atoms with Gasteiger partial charge in [-0.3, -0.25) is 4.79 Å². The van der Waals surface area contributed by atoms with Crippen LogP contribution >= 0.6 is 22.9 Å². The van der Waals surface area contributed by atoms with E-state index in [1.807, 2.05) is 43.3 Å². The molecule has 4 nitrogen and oxygen atoms in total. The average molecular weight is 347 g/mol. The summed E-state index contributed by atoms with van der Waals surface area (Å²) in [5, 5.41) is 4.11. The minimum atomic E-state index is -0.0991. The number of aromatic nitrogens is 1. The van der Waals surface area contributed by atoms with Crippen molar-refractivity contribution in [2.24, 2.45) is 0 Å². The SMILES string of the molecule is COc1ccc(CC(=O)Nc2nc3c(C)cc(Cl)cc3s2)cc1. The highest BCUT2D eigenvalue weighted by Gasteiger charge is 2.11. The largest absolute Gasteiger partial charge is 0.497 e. The minimum absolute atomic E-state index is 0.0991. The molecule has 0 spiro atoms. The predicted octanol–water partition coefficient (Wildman–Crippen LogP) is 4.45.